The van der Waals surface area contributed by atoms with Crippen LogP contribution >= 0.6 is 24.0 Å². The van der Waals surface area contributed by atoms with E-state index in [0.717, 1.165) is 22.6 Å². The minimum Gasteiger partial charge on any atom is -0.457 e. The van der Waals surface area contributed by atoms with Crippen molar-refractivity contribution < 1.29 is 9.53 Å². The second kappa shape index (κ2) is 8.00. The molecule has 3 nitrogen and oxygen atoms in total. The Morgan fingerprint density at radius 1 is 0.929 bits per heavy atom. The lowest BCUT2D eigenvalue weighted by Gasteiger charge is -2.15. The molecule has 1 amide bonds. The average molecular weight is 404 g/mol. The fourth-order valence-electron chi connectivity index (χ4n) is 2.89. The first-order chi connectivity index (χ1) is 13.6. The van der Waals surface area contributed by atoms with Crippen LogP contribution in [0, 0.1) is 6.92 Å². The van der Waals surface area contributed by atoms with E-state index in [1.54, 1.807) is 4.90 Å². The van der Waals surface area contributed by atoms with Crippen molar-refractivity contribution in [3.05, 3.63) is 94.9 Å². The molecule has 3 aromatic rings. The van der Waals surface area contributed by atoms with Crippen LogP contribution in [-0.4, -0.2) is 10.2 Å². The van der Waals surface area contributed by atoms with Crippen LogP contribution in [0.1, 0.15) is 11.1 Å². The Labute approximate surface area is 173 Å². The Balaban J connectivity index is 1.54. The molecule has 1 saturated heterocycles. The number of nitrogens with zero attached hydrogens (tertiary/aromatic N) is 1. The van der Waals surface area contributed by atoms with E-state index in [2.05, 4.69) is 0 Å². The van der Waals surface area contributed by atoms with Crippen molar-refractivity contribution in [2.75, 3.05) is 4.90 Å². The number of amides is 1. The molecule has 0 N–H and O–H groups in total. The molecule has 0 aliphatic carbocycles. The van der Waals surface area contributed by atoms with Gasteiger partial charge in [-0.3, -0.25) is 9.69 Å². The Kier molecular flexibility index (Phi) is 5.28. The molecule has 0 bridgehead atoms. The first-order valence-corrected chi connectivity index (χ1v) is 10.0. The van der Waals surface area contributed by atoms with Crippen molar-refractivity contribution >= 4 is 46.0 Å². The smallest absolute Gasteiger partial charge is 0.270 e. The Morgan fingerprint density at radius 2 is 1.64 bits per heavy atom. The highest BCUT2D eigenvalue weighted by Gasteiger charge is 2.33. The molecule has 1 fully saturated rings. The topological polar surface area (TPSA) is 29.5 Å². The van der Waals surface area contributed by atoms with Crippen molar-refractivity contribution in [1.29, 1.82) is 0 Å². The summed E-state index contributed by atoms with van der Waals surface area (Å²) in [6.45, 7) is 2.03. The van der Waals surface area contributed by atoms with E-state index in [1.807, 2.05) is 91.9 Å². The molecule has 138 valence electrons. The fraction of sp³-hybridized carbons (Fsp3) is 0.0435. The quantitative estimate of drug-likeness (QED) is 0.383. The van der Waals surface area contributed by atoms with Gasteiger partial charge in [-0.1, -0.05) is 72.0 Å². The van der Waals surface area contributed by atoms with Crippen LogP contribution < -0.4 is 9.64 Å². The standard InChI is InChI=1S/C23H17NO2S2/c1-16-6-5-7-17(14-16)15-21-22(25)24(23(27)28-21)18-10-12-20(13-11-18)26-19-8-3-2-4-9-19/h2-15H,1H3/b21-15-. The first-order valence-electron chi connectivity index (χ1n) is 8.78. The number of anilines is 1. The lowest BCUT2D eigenvalue weighted by molar-refractivity contribution is -0.113. The van der Waals surface area contributed by atoms with Gasteiger partial charge < -0.3 is 4.74 Å². The largest absolute Gasteiger partial charge is 0.457 e. The van der Waals surface area contributed by atoms with Crippen LogP contribution in [0.25, 0.3) is 6.08 Å². The minimum atomic E-state index is -0.103. The summed E-state index contributed by atoms with van der Waals surface area (Å²) >= 11 is 6.77. The third-order valence-electron chi connectivity index (χ3n) is 4.21. The molecule has 1 aliphatic rings. The minimum absolute atomic E-state index is 0.103. The molecule has 0 spiro atoms. The van der Waals surface area contributed by atoms with Crippen molar-refractivity contribution in [1.82, 2.24) is 0 Å². The Morgan fingerprint density at radius 3 is 2.36 bits per heavy atom. The van der Waals surface area contributed by atoms with Crippen molar-refractivity contribution in [2.24, 2.45) is 0 Å². The summed E-state index contributed by atoms with van der Waals surface area (Å²) in [6, 6.07) is 25.0. The molecule has 0 saturated carbocycles. The maximum Gasteiger partial charge on any atom is 0.270 e. The first kappa shape index (κ1) is 18.5. The van der Waals surface area contributed by atoms with Crippen molar-refractivity contribution in [2.45, 2.75) is 6.92 Å². The van der Waals surface area contributed by atoms with Crippen molar-refractivity contribution in [3.8, 4) is 11.5 Å². The second-order valence-electron chi connectivity index (χ2n) is 6.34. The summed E-state index contributed by atoms with van der Waals surface area (Å²) in [6.07, 6.45) is 1.89. The molecule has 3 aromatic carbocycles. The van der Waals surface area contributed by atoms with Gasteiger partial charge in [-0.2, -0.15) is 0 Å². The third-order valence-corrected chi connectivity index (χ3v) is 5.51. The number of hydrogen-bond acceptors (Lipinski definition) is 4. The van der Waals surface area contributed by atoms with E-state index in [1.165, 1.54) is 11.8 Å². The summed E-state index contributed by atoms with van der Waals surface area (Å²) in [7, 11) is 0. The Hall–Kier alpha value is -2.89. The number of aryl methyl sites for hydroxylation is 1. The van der Waals surface area contributed by atoms with Gasteiger partial charge in [0, 0.05) is 0 Å². The molecule has 0 unspecified atom stereocenters. The third kappa shape index (κ3) is 4.01. The Bertz CT molecular complexity index is 1060. The SMILES string of the molecule is Cc1cccc(/C=C2\SC(=S)N(c3ccc(Oc4ccccc4)cc3)C2=O)c1. The number of benzene rings is 3. The lowest BCUT2D eigenvalue weighted by atomic mass is 10.1. The van der Waals surface area contributed by atoms with Gasteiger partial charge in [0.25, 0.3) is 5.91 Å². The van der Waals surface area contributed by atoms with Crippen LogP contribution in [0.3, 0.4) is 0 Å². The lowest BCUT2D eigenvalue weighted by Crippen LogP contribution is -2.27. The van der Waals surface area contributed by atoms with Crippen molar-refractivity contribution in [3.63, 3.8) is 0 Å². The van der Waals surface area contributed by atoms with Gasteiger partial charge in [0.15, 0.2) is 4.32 Å². The molecular formula is C23H17NO2S2. The number of hydrogen-bond donors (Lipinski definition) is 0. The zero-order chi connectivity index (χ0) is 19.5. The number of thiocarbonyl (C=S) groups is 1. The van der Waals surface area contributed by atoms with Gasteiger partial charge >= 0.3 is 0 Å². The summed E-state index contributed by atoms with van der Waals surface area (Å²) in [5.74, 6) is 1.37. The van der Waals surface area contributed by atoms with Crippen LogP contribution in [0.4, 0.5) is 5.69 Å². The monoisotopic (exact) mass is 403 g/mol. The van der Waals surface area contributed by atoms with Crippen LogP contribution in [0.2, 0.25) is 0 Å². The van der Waals surface area contributed by atoms with Gasteiger partial charge in [0.05, 0.1) is 10.6 Å². The maximum absolute atomic E-state index is 12.9. The summed E-state index contributed by atoms with van der Waals surface area (Å²) in [5, 5.41) is 0. The number of rotatable bonds is 4. The molecule has 4 rings (SSSR count). The highest BCUT2D eigenvalue weighted by Crippen LogP contribution is 2.36. The van der Waals surface area contributed by atoms with Gasteiger partial charge in [0.2, 0.25) is 0 Å². The van der Waals surface area contributed by atoms with Crippen LogP contribution in [0.5, 0.6) is 11.5 Å². The summed E-state index contributed by atoms with van der Waals surface area (Å²) < 4.78 is 6.34. The molecule has 0 atom stereocenters. The molecular weight excluding hydrogens is 386 g/mol. The van der Waals surface area contributed by atoms with E-state index < -0.39 is 0 Å². The van der Waals surface area contributed by atoms with E-state index >= 15 is 0 Å². The van der Waals surface area contributed by atoms with E-state index in [4.69, 9.17) is 17.0 Å². The second-order valence-corrected chi connectivity index (χ2v) is 8.02. The number of carbonyl (C=O) groups is 1. The molecule has 0 radical (unpaired) electrons. The number of carbonyl (C=O) groups excluding carboxylic acids is 1. The molecule has 1 heterocycles. The average Bonchev–Trinajstić information content (AvgIpc) is 2.97. The number of ether oxygens (including phenoxy) is 1. The molecule has 1 aliphatic heterocycles. The van der Waals surface area contributed by atoms with Crippen LogP contribution in [0.15, 0.2) is 83.8 Å². The maximum atomic E-state index is 12.9. The highest BCUT2D eigenvalue weighted by molar-refractivity contribution is 8.27. The van der Waals surface area contributed by atoms with Gasteiger partial charge in [-0.25, -0.2) is 0 Å². The van der Waals surface area contributed by atoms with Crippen LogP contribution in [-0.2, 0) is 4.79 Å². The van der Waals surface area contributed by atoms with Gasteiger partial charge in [-0.15, -0.1) is 0 Å². The van der Waals surface area contributed by atoms with E-state index in [0.29, 0.717) is 15.0 Å². The van der Waals surface area contributed by atoms with E-state index in [9.17, 15) is 4.79 Å². The zero-order valence-electron chi connectivity index (χ0n) is 15.2. The molecule has 0 aromatic heterocycles. The predicted molar refractivity (Wildman–Crippen MR) is 120 cm³/mol. The van der Waals surface area contributed by atoms with E-state index in [-0.39, 0.29) is 5.91 Å². The highest BCUT2D eigenvalue weighted by atomic mass is 32.2. The fourth-order valence-corrected chi connectivity index (χ4v) is 4.19. The normalized spacial score (nSPS) is 15.3. The summed E-state index contributed by atoms with van der Waals surface area (Å²) in [5.41, 5.74) is 2.88. The molecule has 28 heavy (non-hydrogen) atoms. The van der Waals surface area contributed by atoms with Gasteiger partial charge in [-0.05, 0) is 55.0 Å². The summed E-state index contributed by atoms with van der Waals surface area (Å²) in [4.78, 5) is 15.1. The van der Waals surface area contributed by atoms with Gasteiger partial charge in [0.1, 0.15) is 11.5 Å². The number of thioether (sulfide) groups is 1. The predicted octanol–water partition coefficient (Wildman–Crippen LogP) is 6.19. The molecule has 5 heteroatoms. The zero-order valence-corrected chi connectivity index (χ0v) is 16.8. The number of para-hydroxylation sites is 1.